The molecule has 1 saturated heterocycles. The van der Waals surface area contributed by atoms with Crippen molar-refractivity contribution in [2.75, 3.05) is 25.5 Å². The number of anilines is 1. The highest BCUT2D eigenvalue weighted by atomic mass is 15.0. The summed E-state index contributed by atoms with van der Waals surface area (Å²) in [4.78, 5) is 8.42. The number of nitrogens with zero attached hydrogens (tertiary/aromatic N) is 2. The summed E-state index contributed by atoms with van der Waals surface area (Å²) in [5.74, 6) is 1.64. The molecule has 1 aromatic rings. The lowest BCUT2D eigenvalue weighted by Gasteiger charge is -2.22. The molecule has 15 heavy (non-hydrogen) atoms. The molecule has 1 aliphatic heterocycles. The summed E-state index contributed by atoms with van der Waals surface area (Å²) < 4.78 is 0. The van der Waals surface area contributed by atoms with Gasteiger partial charge in [0.1, 0.15) is 12.1 Å². The maximum absolute atomic E-state index is 4.30. The van der Waals surface area contributed by atoms with E-state index in [4.69, 9.17) is 0 Å². The van der Waals surface area contributed by atoms with Crippen molar-refractivity contribution in [3.63, 3.8) is 0 Å². The fraction of sp³-hybridized carbons (Fsp3) is 0.636. The molecule has 0 saturated carbocycles. The quantitative estimate of drug-likeness (QED) is 0.776. The van der Waals surface area contributed by atoms with Gasteiger partial charge in [-0.3, -0.25) is 0 Å². The fourth-order valence-electron chi connectivity index (χ4n) is 2.04. The van der Waals surface area contributed by atoms with Crippen molar-refractivity contribution in [3.05, 3.63) is 18.1 Å². The van der Waals surface area contributed by atoms with Gasteiger partial charge in [-0.05, 0) is 38.3 Å². The minimum Gasteiger partial charge on any atom is -0.373 e. The van der Waals surface area contributed by atoms with E-state index in [1.807, 2.05) is 13.1 Å². The van der Waals surface area contributed by atoms with E-state index < -0.39 is 0 Å². The molecule has 0 bridgehead atoms. The second kappa shape index (κ2) is 5.07. The fourth-order valence-corrected chi connectivity index (χ4v) is 2.04. The predicted molar refractivity (Wildman–Crippen MR) is 60.9 cm³/mol. The topological polar surface area (TPSA) is 49.8 Å². The van der Waals surface area contributed by atoms with Crippen LogP contribution in [0.15, 0.2) is 12.4 Å². The number of nitrogens with one attached hydrogen (secondary N) is 2. The highest BCUT2D eigenvalue weighted by molar-refractivity contribution is 5.33. The van der Waals surface area contributed by atoms with Crippen LogP contribution >= 0.6 is 0 Å². The Hall–Kier alpha value is -1.16. The Bertz CT molecular complexity index is 307. The summed E-state index contributed by atoms with van der Waals surface area (Å²) >= 11 is 0. The second-order valence-corrected chi connectivity index (χ2v) is 4.06. The maximum Gasteiger partial charge on any atom is 0.129 e. The van der Waals surface area contributed by atoms with Gasteiger partial charge in [0.25, 0.3) is 0 Å². The second-order valence-electron chi connectivity index (χ2n) is 4.06. The third-order valence-electron chi connectivity index (χ3n) is 2.88. The largest absolute Gasteiger partial charge is 0.373 e. The standard InChI is InChI=1S/C11H18N4/c1-12-11-6-10(14-8-15-11)5-9-3-2-4-13-7-9/h6,8-9,13H,2-5,7H2,1H3,(H,12,14,15)/t9-/m0/s1. The van der Waals surface area contributed by atoms with Crippen LogP contribution in [0, 0.1) is 5.92 Å². The van der Waals surface area contributed by atoms with Gasteiger partial charge in [0.15, 0.2) is 0 Å². The molecule has 0 aromatic carbocycles. The number of piperidine rings is 1. The van der Waals surface area contributed by atoms with E-state index in [1.54, 1.807) is 6.33 Å². The molecule has 2 rings (SSSR count). The lowest BCUT2D eigenvalue weighted by atomic mass is 9.94. The summed E-state index contributed by atoms with van der Waals surface area (Å²) in [6.45, 7) is 2.29. The first kappa shape index (κ1) is 10.4. The Kier molecular flexibility index (Phi) is 3.50. The highest BCUT2D eigenvalue weighted by Crippen LogP contribution is 2.15. The van der Waals surface area contributed by atoms with Crippen molar-refractivity contribution in [2.45, 2.75) is 19.3 Å². The number of aromatic nitrogens is 2. The van der Waals surface area contributed by atoms with Gasteiger partial charge >= 0.3 is 0 Å². The summed E-state index contributed by atoms with van der Waals surface area (Å²) in [6, 6.07) is 2.04. The van der Waals surface area contributed by atoms with E-state index in [0.29, 0.717) is 0 Å². The van der Waals surface area contributed by atoms with Gasteiger partial charge in [0.05, 0.1) is 0 Å². The lowest BCUT2D eigenvalue weighted by Crippen LogP contribution is -2.31. The Morgan fingerprint density at radius 1 is 1.53 bits per heavy atom. The van der Waals surface area contributed by atoms with E-state index in [9.17, 15) is 0 Å². The summed E-state index contributed by atoms with van der Waals surface area (Å²) in [6.07, 6.45) is 5.29. The first-order chi connectivity index (χ1) is 7.38. The molecule has 1 fully saturated rings. The predicted octanol–water partition coefficient (Wildman–Crippen LogP) is 1.06. The van der Waals surface area contributed by atoms with Crippen LogP contribution in [0.1, 0.15) is 18.5 Å². The molecule has 82 valence electrons. The zero-order valence-electron chi connectivity index (χ0n) is 9.16. The molecule has 1 aliphatic rings. The van der Waals surface area contributed by atoms with Crippen molar-refractivity contribution < 1.29 is 0 Å². The molecule has 0 aliphatic carbocycles. The highest BCUT2D eigenvalue weighted by Gasteiger charge is 2.14. The van der Waals surface area contributed by atoms with Crippen LogP contribution in [-0.4, -0.2) is 30.1 Å². The average Bonchev–Trinajstić information content (AvgIpc) is 2.31. The van der Waals surface area contributed by atoms with Crippen LogP contribution in [0.3, 0.4) is 0 Å². The SMILES string of the molecule is CNc1cc(C[C@@H]2CCCNC2)ncn1. The van der Waals surface area contributed by atoms with Gasteiger partial charge < -0.3 is 10.6 Å². The van der Waals surface area contributed by atoms with Gasteiger partial charge in [0, 0.05) is 18.8 Å². The molecule has 0 radical (unpaired) electrons. The average molecular weight is 206 g/mol. The Morgan fingerprint density at radius 3 is 3.20 bits per heavy atom. The molecule has 2 N–H and O–H groups in total. The van der Waals surface area contributed by atoms with Gasteiger partial charge in [-0.15, -0.1) is 0 Å². The number of hydrogen-bond donors (Lipinski definition) is 2. The van der Waals surface area contributed by atoms with Crippen LogP contribution in [0.5, 0.6) is 0 Å². The zero-order valence-corrected chi connectivity index (χ0v) is 9.16. The van der Waals surface area contributed by atoms with Crippen molar-refractivity contribution in [1.29, 1.82) is 0 Å². The summed E-state index contributed by atoms with van der Waals surface area (Å²) in [5.41, 5.74) is 1.14. The summed E-state index contributed by atoms with van der Waals surface area (Å²) in [5, 5.41) is 6.46. The first-order valence-electron chi connectivity index (χ1n) is 5.58. The van der Waals surface area contributed by atoms with Crippen molar-refractivity contribution in [3.8, 4) is 0 Å². The third-order valence-corrected chi connectivity index (χ3v) is 2.88. The van der Waals surface area contributed by atoms with Crippen LogP contribution in [0.25, 0.3) is 0 Å². The number of hydrogen-bond acceptors (Lipinski definition) is 4. The third kappa shape index (κ3) is 2.89. The summed E-state index contributed by atoms with van der Waals surface area (Å²) in [7, 11) is 1.88. The molecule has 0 amide bonds. The van der Waals surface area contributed by atoms with Crippen molar-refractivity contribution >= 4 is 5.82 Å². The molecule has 4 nitrogen and oxygen atoms in total. The Morgan fingerprint density at radius 2 is 2.47 bits per heavy atom. The Labute approximate surface area is 90.5 Å². The van der Waals surface area contributed by atoms with Gasteiger partial charge in [-0.1, -0.05) is 0 Å². The van der Waals surface area contributed by atoms with Crippen LogP contribution in [-0.2, 0) is 6.42 Å². The van der Waals surface area contributed by atoms with E-state index in [2.05, 4.69) is 20.6 Å². The van der Waals surface area contributed by atoms with Crippen LogP contribution < -0.4 is 10.6 Å². The molecule has 4 heteroatoms. The molecular formula is C11H18N4. The van der Waals surface area contributed by atoms with E-state index in [0.717, 1.165) is 30.4 Å². The van der Waals surface area contributed by atoms with Gasteiger partial charge in [0.2, 0.25) is 0 Å². The molecule has 0 spiro atoms. The smallest absolute Gasteiger partial charge is 0.129 e. The maximum atomic E-state index is 4.30. The van der Waals surface area contributed by atoms with E-state index >= 15 is 0 Å². The van der Waals surface area contributed by atoms with Gasteiger partial charge in [-0.25, -0.2) is 9.97 Å². The molecule has 1 aromatic heterocycles. The minimum absolute atomic E-state index is 0.735. The van der Waals surface area contributed by atoms with Crippen molar-refractivity contribution in [2.24, 2.45) is 5.92 Å². The lowest BCUT2D eigenvalue weighted by molar-refractivity contribution is 0.373. The van der Waals surface area contributed by atoms with Crippen molar-refractivity contribution in [1.82, 2.24) is 15.3 Å². The van der Waals surface area contributed by atoms with Crippen LogP contribution in [0.4, 0.5) is 5.82 Å². The minimum atomic E-state index is 0.735. The molecular weight excluding hydrogens is 188 g/mol. The van der Waals surface area contributed by atoms with Crippen LogP contribution in [0.2, 0.25) is 0 Å². The number of rotatable bonds is 3. The first-order valence-corrected chi connectivity index (χ1v) is 5.58. The monoisotopic (exact) mass is 206 g/mol. The molecule has 1 atom stereocenters. The molecule has 0 unspecified atom stereocenters. The Balaban J connectivity index is 1.96. The zero-order chi connectivity index (χ0) is 10.5. The van der Waals surface area contributed by atoms with E-state index in [1.165, 1.54) is 19.4 Å². The normalized spacial score (nSPS) is 21.3. The molecule has 2 heterocycles. The van der Waals surface area contributed by atoms with Gasteiger partial charge in [-0.2, -0.15) is 0 Å². The van der Waals surface area contributed by atoms with E-state index in [-0.39, 0.29) is 0 Å².